The second kappa shape index (κ2) is 3.18. The highest BCUT2D eigenvalue weighted by Crippen LogP contribution is 2.21. The van der Waals surface area contributed by atoms with Crippen molar-refractivity contribution in [2.75, 3.05) is 0 Å². The number of halogens is 1. The van der Waals surface area contributed by atoms with E-state index in [0.29, 0.717) is 0 Å². The Morgan fingerprint density at radius 1 is 1.67 bits per heavy atom. The average Bonchev–Trinajstić information content (AvgIpc) is 2.18. The van der Waals surface area contributed by atoms with Crippen LogP contribution in [0.5, 0.6) is 0 Å². The molecule has 0 unspecified atom stereocenters. The number of hydrogen-bond acceptors (Lipinski definition) is 1. The van der Waals surface area contributed by atoms with Crippen LogP contribution < -0.4 is 0 Å². The third-order valence-electron chi connectivity index (χ3n) is 1.05. The van der Waals surface area contributed by atoms with Gasteiger partial charge in [-0.2, -0.15) is 11.3 Å². The van der Waals surface area contributed by atoms with Gasteiger partial charge in [-0.05, 0) is 33.3 Å². The van der Waals surface area contributed by atoms with E-state index in [2.05, 4.69) is 33.3 Å². The Hall–Kier alpha value is -0.0800. The van der Waals surface area contributed by atoms with Crippen LogP contribution in [-0.2, 0) is 6.42 Å². The molecule has 0 N–H and O–H groups in total. The van der Waals surface area contributed by atoms with Crippen LogP contribution in [-0.4, -0.2) is 0 Å². The van der Waals surface area contributed by atoms with Crippen molar-refractivity contribution in [3.05, 3.63) is 33.5 Å². The molecule has 1 heterocycles. The molecule has 0 aliphatic heterocycles. The lowest BCUT2D eigenvalue weighted by molar-refractivity contribution is 1.29. The molecule has 2 heteroatoms. The first-order valence-corrected chi connectivity index (χ1v) is 4.39. The smallest absolute Gasteiger partial charge is 0.0317 e. The van der Waals surface area contributed by atoms with Crippen molar-refractivity contribution < 1.29 is 0 Å². The summed E-state index contributed by atoms with van der Waals surface area (Å²) in [5, 5.41) is 4.21. The maximum atomic E-state index is 3.66. The minimum Gasteiger partial charge on any atom is -0.151 e. The van der Waals surface area contributed by atoms with Crippen LogP contribution in [0.25, 0.3) is 0 Å². The highest BCUT2D eigenvalue weighted by atomic mass is 79.9. The van der Waals surface area contributed by atoms with E-state index in [1.165, 1.54) is 10.0 Å². The second-order valence-corrected chi connectivity index (χ2v) is 3.34. The van der Waals surface area contributed by atoms with Crippen molar-refractivity contribution in [2.24, 2.45) is 0 Å². The molecule has 0 aliphatic carbocycles. The summed E-state index contributed by atoms with van der Waals surface area (Å²) in [6, 6.07) is 0. The monoisotopic (exact) mass is 202 g/mol. The lowest BCUT2D eigenvalue weighted by Crippen LogP contribution is -1.73. The fourth-order valence-corrected chi connectivity index (χ4v) is 2.09. The van der Waals surface area contributed by atoms with E-state index in [1.54, 1.807) is 11.3 Å². The van der Waals surface area contributed by atoms with Crippen LogP contribution in [0.15, 0.2) is 27.9 Å². The van der Waals surface area contributed by atoms with E-state index in [1.807, 2.05) is 6.08 Å². The summed E-state index contributed by atoms with van der Waals surface area (Å²) in [7, 11) is 0. The van der Waals surface area contributed by atoms with Gasteiger partial charge in [-0.25, -0.2) is 0 Å². The predicted octanol–water partition coefficient (Wildman–Crippen LogP) is 3.24. The van der Waals surface area contributed by atoms with Gasteiger partial charge in [0.2, 0.25) is 0 Å². The van der Waals surface area contributed by atoms with Gasteiger partial charge in [0.1, 0.15) is 0 Å². The quantitative estimate of drug-likeness (QED) is 0.647. The molecule has 48 valence electrons. The molecule has 0 amide bonds. The third kappa shape index (κ3) is 1.66. The molecule has 0 atom stereocenters. The Balaban J connectivity index is 2.80. The normalized spacial score (nSPS) is 9.44. The van der Waals surface area contributed by atoms with E-state index < -0.39 is 0 Å². The van der Waals surface area contributed by atoms with Gasteiger partial charge in [0.05, 0.1) is 0 Å². The molecule has 0 aliphatic rings. The fraction of sp³-hybridized carbons (Fsp3) is 0.143. The molecule has 1 aromatic heterocycles. The summed E-state index contributed by atoms with van der Waals surface area (Å²) < 4.78 is 1.20. The lowest BCUT2D eigenvalue weighted by Gasteiger charge is -1.87. The largest absolute Gasteiger partial charge is 0.151 e. The summed E-state index contributed by atoms with van der Waals surface area (Å²) in [6.07, 6.45) is 2.87. The van der Waals surface area contributed by atoms with Gasteiger partial charge < -0.3 is 0 Å². The number of rotatable bonds is 2. The standard InChI is InChI=1S/C7H7BrS/c1-2-3-6-4-9-5-7(6)8/h2,4-5H,1,3H2. The van der Waals surface area contributed by atoms with Gasteiger partial charge in [0.15, 0.2) is 0 Å². The minimum atomic E-state index is 0.962. The lowest BCUT2D eigenvalue weighted by atomic mass is 10.2. The van der Waals surface area contributed by atoms with E-state index in [4.69, 9.17) is 0 Å². The summed E-state index contributed by atoms with van der Waals surface area (Å²) in [5.74, 6) is 0. The highest BCUT2D eigenvalue weighted by Gasteiger charge is 1.95. The van der Waals surface area contributed by atoms with Crippen molar-refractivity contribution in [3.63, 3.8) is 0 Å². The second-order valence-electron chi connectivity index (χ2n) is 1.74. The van der Waals surface area contributed by atoms with Gasteiger partial charge >= 0.3 is 0 Å². The molecule has 0 aromatic carbocycles. The Bertz CT molecular complexity index is 202. The van der Waals surface area contributed by atoms with Crippen LogP contribution in [0.1, 0.15) is 5.56 Å². The summed E-state index contributed by atoms with van der Waals surface area (Å²) in [5.41, 5.74) is 1.33. The van der Waals surface area contributed by atoms with Gasteiger partial charge in [-0.3, -0.25) is 0 Å². The van der Waals surface area contributed by atoms with Crippen LogP contribution >= 0.6 is 27.3 Å². The average molecular weight is 203 g/mol. The van der Waals surface area contributed by atoms with Gasteiger partial charge in [-0.15, -0.1) is 6.58 Å². The summed E-state index contributed by atoms with van der Waals surface area (Å²) >= 11 is 5.14. The zero-order chi connectivity index (χ0) is 6.69. The molecule has 0 nitrogen and oxygen atoms in total. The molecule has 1 rings (SSSR count). The number of thiophene rings is 1. The molecule has 1 aromatic rings. The van der Waals surface area contributed by atoms with E-state index in [9.17, 15) is 0 Å². The van der Waals surface area contributed by atoms with Crippen molar-refractivity contribution in [3.8, 4) is 0 Å². The van der Waals surface area contributed by atoms with Crippen molar-refractivity contribution in [1.29, 1.82) is 0 Å². The maximum absolute atomic E-state index is 3.66. The van der Waals surface area contributed by atoms with Gasteiger partial charge in [0, 0.05) is 9.85 Å². The summed E-state index contributed by atoms with van der Waals surface area (Å²) in [6.45, 7) is 3.66. The van der Waals surface area contributed by atoms with E-state index >= 15 is 0 Å². The van der Waals surface area contributed by atoms with E-state index in [0.717, 1.165) is 6.42 Å². The third-order valence-corrected chi connectivity index (χ3v) is 2.89. The van der Waals surface area contributed by atoms with Crippen LogP contribution in [0, 0.1) is 0 Å². The van der Waals surface area contributed by atoms with Crippen LogP contribution in [0.3, 0.4) is 0 Å². The molecule has 0 spiro atoms. The van der Waals surface area contributed by atoms with Crippen LogP contribution in [0.4, 0.5) is 0 Å². The molecule has 9 heavy (non-hydrogen) atoms. The maximum Gasteiger partial charge on any atom is 0.0317 e. The SMILES string of the molecule is C=CCc1cscc1Br. The predicted molar refractivity (Wildman–Crippen MR) is 45.9 cm³/mol. The minimum absolute atomic E-state index is 0.962. The first kappa shape index (κ1) is 7.03. The topological polar surface area (TPSA) is 0 Å². The number of allylic oxidation sites excluding steroid dienone is 1. The number of hydrogen-bond donors (Lipinski definition) is 0. The van der Waals surface area contributed by atoms with E-state index in [-0.39, 0.29) is 0 Å². The Labute approximate surface area is 67.3 Å². The Morgan fingerprint density at radius 2 is 2.44 bits per heavy atom. The zero-order valence-electron chi connectivity index (χ0n) is 4.93. The molecular formula is C7H7BrS. The Kier molecular flexibility index (Phi) is 2.49. The van der Waals surface area contributed by atoms with Crippen molar-refractivity contribution >= 4 is 27.3 Å². The van der Waals surface area contributed by atoms with Crippen molar-refractivity contribution in [2.45, 2.75) is 6.42 Å². The van der Waals surface area contributed by atoms with Crippen molar-refractivity contribution in [1.82, 2.24) is 0 Å². The molecular weight excluding hydrogens is 196 g/mol. The molecule has 0 saturated heterocycles. The zero-order valence-corrected chi connectivity index (χ0v) is 7.33. The molecule has 0 saturated carbocycles. The molecule has 0 fully saturated rings. The first-order chi connectivity index (χ1) is 4.34. The summed E-state index contributed by atoms with van der Waals surface area (Å²) in [4.78, 5) is 0. The molecule has 0 radical (unpaired) electrons. The Morgan fingerprint density at radius 3 is 2.89 bits per heavy atom. The van der Waals surface area contributed by atoms with Crippen LogP contribution in [0.2, 0.25) is 0 Å². The fourth-order valence-electron chi connectivity index (χ4n) is 0.609. The van der Waals surface area contributed by atoms with Gasteiger partial charge in [-0.1, -0.05) is 6.08 Å². The van der Waals surface area contributed by atoms with Gasteiger partial charge in [0.25, 0.3) is 0 Å². The highest BCUT2D eigenvalue weighted by molar-refractivity contribution is 9.10. The molecule has 0 bridgehead atoms. The first-order valence-electron chi connectivity index (χ1n) is 2.66.